The smallest absolute Gasteiger partial charge is 0.291 e. The number of pyridine rings is 1. The minimum atomic E-state index is -0.222. The van der Waals surface area contributed by atoms with Gasteiger partial charge in [-0.25, -0.2) is 9.97 Å². The first kappa shape index (κ1) is 17.7. The first-order chi connectivity index (χ1) is 14.2. The van der Waals surface area contributed by atoms with Crippen molar-refractivity contribution >= 4 is 11.6 Å². The maximum Gasteiger partial charge on any atom is 0.291 e. The summed E-state index contributed by atoms with van der Waals surface area (Å²) in [7, 11) is 0. The Kier molecular flexibility index (Phi) is 4.19. The Balaban J connectivity index is 1.50. The number of nitrogens with zero attached hydrogens (tertiary/aromatic N) is 4. The normalized spacial score (nSPS) is 16.2. The zero-order chi connectivity index (χ0) is 19.8. The van der Waals surface area contributed by atoms with Gasteiger partial charge in [0.2, 0.25) is 5.76 Å². The summed E-state index contributed by atoms with van der Waals surface area (Å²) in [5.74, 6) is 0.251. The third-order valence-electron chi connectivity index (χ3n) is 6.02. The molecule has 6 nitrogen and oxygen atoms in total. The van der Waals surface area contributed by atoms with Crippen molar-refractivity contribution in [1.29, 1.82) is 0 Å². The molecule has 0 radical (unpaired) electrons. The second kappa shape index (κ2) is 6.88. The Morgan fingerprint density at radius 1 is 1.07 bits per heavy atom. The zero-order valence-electron chi connectivity index (χ0n) is 16.3. The summed E-state index contributed by atoms with van der Waals surface area (Å²) < 4.78 is 7.39. The Bertz CT molecular complexity index is 1120. The summed E-state index contributed by atoms with van der Waals surface area (Å²) in [6.07, 6.45) is 7.09. The fourth-order valence-electron chi connectivity index (χ4n) is 4.36. The molecule has 29 heavy (non-hydrogen) atoms. The number of oxazole rings is 1. The van der Waals surface area contributed by atoms with Crippen molar-refractivity contribution in [3.8, 4) is 0 Å². The van der Waals surface area contributed by atoms with E-state index >= 15 is 0 Å². The number of hydrogen-bond donors (Lipinski definition) is 0. The monoisotopic (exact) mass is 386 g/mol. The predicted octanol–water partition coefficient (Wildman–Crippen LogP) is 3.85. The lowest BCUT2D eigenvalue weighted by atomic mass is 9.70. The summed E-state index contributed by atoms with van der Waals surface area (Å²) >= 11 is 0. The number of rotatable bonds is 3. The fraction of sp³-hybridized carbons (Fsp3) is 0.261. The first-order valence-electron chi connectivity index (χ1n) is 9.86. The van der Waals surface area contributed by atoms with Gasteiger partial charge in [-0.2, -0.15) is 0 Å². The Morgan fingerprint density at radius 2 is 1.83 bits per heavy atom. The molecule has 0 bridgehead atoms. The molecule has 1 aliphatic rings. The first-order valence-corrected chi connectivity index (χ1v) is 9.86. The van der Waals surface area contributed by atoms with E-state index < -0.39 is 0 Å². The van der Waals surface area contributed by atoms with E-state index in [9.17, 15) is 4.79 Å². The van der Waals surface area contributed by atoms with E-state index in [0.29, 0.717) is 24.5 Å². The Morgan fingerprint density at radius 3 is 2.52 bits per heavy atom. The molecule has 0 aliphatic carbocycles. The summed E-state index contributed by atoms with van der Waals surface area (Å²) in [4.78, 5) is 23.7. The van der Waals surface area contributed by atoms with E-state index in [1.807, 2.05) is 35.4 Å². The van der Waals surface area contributed by atoms with Gasteiger partial charge in [-0.15, -0.1) is 0 Å². The summed E-state index contributed by atoms with van der Waals surface area (Å²) in [6.45, 7) is 3.08. The van der Waals surface area contributed by atoms with E-state index in [1.165, 1.54) is 12.0 Å². The Labute approximate surface area is 168 Å². The maximum atomic E-state index is 12.9. The highest BCUT2D eigenvalue weighted by atomic mass is 16.3. The van der Waals surface area contributed by atoms with Crippen molar-refractivity contribution in [2.45, 2.75) is 25.2 Å². The van der Waals surface area contributed by atoms with E-state index in [-0.39, 0.29) is 11.3 Å². The van der Waals surface area contributed by atoms with Crippen LogP contribution in [0.5, 0.6) is 0 Å². The van der Waals surface area contributed by atoms with Crippen molar-refractivity contribution in [2.75, 3.05) is 13.1 Å². The van der Waals surface area contributed by atoms with Gasteiger partial charge in [-0.05, 0) is 37.5 Å². The largest absolute Gasteiger partial charge is 0.438 e. The van der Waals surface area contributed by atoms with Crippen LogP contribution in [0.25, 0.3) is 5.65 Å². The molecule has 0 saturated carbocycles. The molecule has 5 rings (SSSR count). The van der Waals surface area contributed by atoms with Crippen molar-refractivity contribution < 1.29 is 9.21 Å². The topological polar surface area (TPSA) is 63.6 Å². The number of hydrogen-bond acceptors (Lipinski definition) is 4. The van der Waals surface area contributed by atoms with Crippen LogP contribution in [-0.4, -0.2) is 38.3 Å². The maximum absolute atomic E-state index is 12.9. The van der Waals surface area contributed by atoms with Gasteiger partial charge >= 0.3 is 0 Å². The second-order valence-electron chi connectivity index (χ2n) is 7.60. The minimum absolute atomic E-state index is 0.0864. The SMILES string of the molecule is Cc1ncoc1C(=O)N1CCC(c2ccccc2)(c2cn3ccccc3n2)CC1. The summed E-state index contributed by atoms with van der Waals surface area (Å²) in [5.41, 5.74) is 3.65. The Hall–Kier alpha value is -3.41. The molecule has 6 heteroatoms. The number of amides is 1. The van der Waals surface area contributed by atoms with Gasteiger partial charge in [-0.1, -0.05) is 36.4 Å². The van der Waals surface area contributed by atoms with Crippen molar-refractivity contribution in [3.63, 3.8) is 0 Å². The van der Waals surface area contributed by atoms with Crippen LogP contribution in [-0.2, 0) is 5.41 Å². The molecule has 1 fully saturated rings. The van der Waals surface area contributed by atoms with Gasteiger partial charge in [0, 0.05) is 30.9 Å². The molecule has 1 saturated heterocycles. The highest BCUT2D eigenvalue weighted by molar-refractivity contribution is 5.92. The van der Waals surface area contributed by atoms with E-state index in [2.05, 4.69) is 39.8 Å². The van der Waals surface area contributed by atoms with Crippen LogP contribution in [0.4, 0.5) is 0 Å². The molecule has 0 atom stereocenters. The number of carbonyl (C=O) groups is 1. The van der Waals surface area contributed by atoms with Gasteiger partial charge in [0.25, 0.3) is 5.91 Å². The van der Waals surface area contributed by atoms with Crippen LogP contribution < -0.4 is 0 Å². The number of aromatic nitrogens is 3. The molecular weight excluding hydrogens is 364 g/mol. The lowest BCUT2D eigenvalue weighted by Crippen LogP contribution is -2.46. The number of imidazole rings is 1. The standard InChI is InChI=1S/C23H22N4O2/c1-17-21(29-16-24-17)22(28)26-13-10-23(11-14-26,18-7-3-2-4-8-18)19-15-27-12-6-5-9-20(27)25-19/h2-9,12,15-16H,10-11,13-14H2,1H3. The molecule has 4 heterocycles. The van der Waals surface area contributed by atoms with E-state index in [0.717, 1.165) is 24.2 Å². The van der Waals surface area contributed by atoms with Crippen LogP contribution in [0, 0.1) is 6.92 Å². The van der Waals surface area contributed by atoms with Gasteiger partial charge in [-0.3, -0.25) is 4.79 Å². The molecule has 1 amide bonds. The number of piperidine rings is 1. The fourth-order valence-corrected chi connectivity index (χ4v) is 4.36. The van der Waals surface area contributed by atoms with Crippen LogP contribution in [0.2, 0.25) is 0 Å². The highest BCUT2D eigenvalue weighted by Crippen LogP contribution is 2.41. The highest BCUT2D eigenvalue weighted by Gasteiger charge is 2.41. The minimum Gasteiger partial charge on any atom is -0.438 e. The summed E-state index contributed by atoms with van der Waals surface area (Å²) in [5, 5.41) is 0. The van der Waals surface area contributed by atoms with Crippen LogP contribution in [0.1, 0.15) is 40.3 Å². The second-order valence-corrected chi connectivity index (χ2v) is 7.60. The molecule has 1 aromatic carbocycles. The number of aryl methyl sites for hydroxylation is 1. The number of likely N-dealkylation sites (tertiary alicyclic amines) is 1. The molecule has 0 unspecified atom stereocenters. The number of fused-ring (bicyclic) bond motifs is 1. The average molecular weight is 386 g/mol. The average Bonchev–Trinajstić information content (AvgIpc) is 3.40. The molecule has 0 N–H and O–H groups in total. The lowest BCUT2D eigenvalue weighted by molar-refractivity contribution is 0.0651. The van der Waals surface area contributed by atoms with Crippen LogP contribution in [0.3, 0.4) is 0 Å². The predicted molar refractivity (Wildman–Crippen MR) is 109 cm³/mol. The van der Waals surface area contributed by atoms with Gasteiger partial charge < -0.3 is 13.7 Å². The van der Waals surface area contributed by atoms with Crippen molar-refractivity contribution in [1.82, 2.24) is 19.3 Å². The van der Waals surface area contributed by atoms with Crippen molar-refractivity contribution in [3.05, 3.63) is 90.0 Å². The molecular formula is C23H22N4O2. The number of carbonyl (C=O) groups excluding carboxylic acids is 1. The quantitative estimate of drug-likeness (QED) is 0.536. The molecule has 0 spiro atoms. The van der Waals surface area contributed by atoms with E-state index in [1.54, 1.807) is 6.92 Å². The van der Waals surface area contributed by atoms with Gasteiger partial charge in [0.15, 0.2) is 6.39 Å². The lowest BCUT2D eigenvalue weighted by Gasteiger charge is -2.41. The molecule has 4 aromatic rings. The van der Waals surface area contributed by atoms with E-state index in [4.69, 9.17) is 9.40 Å². The van der Waals surface area contributed by atoms with Gasteiger partial charge in [0.05, 0.1) is 11.4 Å². The number of benzene rings is 1. The van der Waals surface area contributed by atoms with Crippen molar-refractivity contribution in [2.24, 2.45) is 0 Å². The third kappa shape index (κ3) is 2.92. The zero-order valence-corrected chi connectivity index (χ0v) is 16.3. The molecule has 1 aliphatic heterocycles. The van der Waals surface area contributed by atoms with Gasteiger partial charge in [0.1, 0.15) is 5.65 Å². The van der Waals surface area contributed by atoms with Crippen LogP contribution in [0.15, 0.2) is 71.7 Å². The molecule has 146 valence electrons. The molecule has 3 aromatic heterocycles. The third-order valence-corrected chi connectivity index (χ3v) is 6.02. The van der Waals surface area contributed by atoms with Crippen LogP contribution >= 0.6 is 0 Å². The summed E-state index contributed by atoms with van der Waals surface area (Å²) in [6, 6.07) is 16.5.